The first-order valence-electron chi connectivity index (χ1n) is 4.63. The Labute approximate surface area is 78.6 Å². The summed E-state index contributed by atoms with van der Waals surface area (Å²) in [5.74, 6) is 0.641. The number of allylic oxidation sites excluding steroid dienone is 4. The van der Waals surface area contributed by atoms with E-state index < -0.39 is 0 Å². The predicted molar refractivity (Wildman–Crippen MR) is 54.1 cm³/mol. The Hall–Kier alpha value is -1.31. The lowest BCUT2D eigenvalue weighted by atomic mass is 9.94. The lowest BCUT2D eigenvalue weighted by molar-refractivity contribution is 0.732. The molecule has 0 fully saturated rings. The first-order chi connectivity index (χ1) is 6.25. The molecule has 0 saturated heterocycles. The Bertz CT molecular complexity index is 358. The number of hydrogen-bond acceptors (Lipinski definition) is 1. The van der Waals surface area contributed by atoms with Gasteiger partial charge in [0.1, 0.15) is 0 Å². The second kappa shape index (κ2) is 3.21. The number of aryl methyl sites for hydroxylation is 1. The van der Waals surface area contributed by atoms with E-state index in [1.807, 2.05) is 17.9 Å². The fraction of sp³-hybridized carbons (Fsp3) is 0.364. The van der Waals surface area contributed by atoms with Gasteiger partial charge in [-0.1, -0.05) is 25.2 Å². The van der Waals surface area contributed by atoms with Crippen molar-refractivity contribution in [2.75, 3.05) is 0 Å². The van der Waals surface area contributed by atoms with Gasteiger partial charge in [0.15, 0.2) is 0 Å². The van der Waals surface area contributed by atoms with E-state index in [0.29, 0.717) is 5.92 Å². The zero-order chi connectivity index (χ0) is 9.26. The molecule has 0 aliphatic heterocycles. The molecule has 0 aromatic carbocycles. The average molecular weight is 174 g/mol. The van der Waals surface area contributed by atoms with Crippen molar-refractivity contribution >= 4 is 5.57 Å². The summed E-state index contributed by atoms with van der Waals surface area (Å²) in [6, 6.07) is 2.07. The zero-order valence-corrected chi connectivity index (χ0v) is 8.07. The molecule has 13 heavy (non-hydrogen) atoms. The SMILES string of the molecule is CC1C=CC=C(c2ccn(C)n2)C1. The molecule has 0 spiro atoms. The van der Waals surface area contributed by atoms with Gasteiger partial charge in [-0.05, 0) is 24.0 Å². The topological polar surface area (TPSA) is 17.8 Å². The van der Waals surface area contributed by atoms with Crippen molar-refractivity contribution in [1.29, 1.82) is 0 Å². The van der Waals surface area contributed by atoms with Gasteiger partial charge in [0.25, 0.3) is 0 Å². The highest BCUT2D eigenvalue weighted by molar-refractivity contribution is 5.65. The smallest absolute Gasteiger partial charge is 0.0882 e. The largest absolute Gasteiger partial charge is 0.275 e. The molecule has 2 nitrogen and oxygen atoms in total. The van der Waals surface area contributed by atoms with Gasteiger partial charge in [0.05, 0.1) is 5.69 Å². The Morgan fingerprint density at radius 1 is 1.54 bits per heavy atom. The molecule has 68 valence electrons. The van der Waals surface area contributed by atoms with Crippen molar-refractivity contribution in [2.24, 2.45) is 13.0 Å². The van der Waals surface area contributed by atoms with E-state index in [1.165, 1.54) is 5.57 Å². The fourth-order valence-corrected chi connectivity index (χ4v) is 1.62. The van der Waals surface area contributed by atoms with Crippen LogP contribution in [0.5, 0.6) is 0 Å². The van der Waals surface area contributed by atoms with Crippen LogP contribution in [0.1, 0.15) is 19.0 Å². The summed E-state index contributed by atoms with van der Waals surface area (Å²) in [5.41, 5.74) is 2.45. The van der Waals surface area contributed by atoms with Gasteiger partial charge in [-0.15, -0.1) is 0 Å². The second-order valence-corrected chi connectivity index (χ2v) is 3.63. The van der Waals surface area contributed by atoms with Gasteiger partial charge >= 0.3 is 0 Å². The van der Waals surface area contributed by atoms with Crippen molar-refractivity contribution in [3.8, 4) is 0 Å². The van der Waals surface area contributed by atoms with Gasteiger partial charge in [-0.2, -0.15) is 5.10 Å². The highest BCUT2D eigenvalue weighted by Gasteiger charge is 2.10. The molecule has 0 saturated carbocycles. The summed E-state index contributed by atoms with van der Waals surface area (Å²) < 4.78 is 1.85. The van der Waals surface area contributed by atoms with E-state index in [4.69, 9.17) is 0 Å². The van der Waals surface area contributed by atoms with Crippen LogP contribution in [-0.2, 0) is 7.05 Å². The van der Waals surface area contributed by atoms with Crippen molar-refractivity contribution in [1.82, 2.24) is 9.78 Å². The van der Waals surface area contributed by atoms with Crippen LogP contribution in [0.4, 0.5) is 0 Å². The van der Waals surface area contributed by atoms with Crippen LogP contribution in [0.15, 0.2) is 30.5 Å². The number of rotatable bonds is 1. The molecule has 0 amide bonds. The van der Waals surface area contributed by atoms with Crippen LogP contribution in [0.2, 0.25) is 0 Å². The van der Waals surface area contributed by atoms with Gasteiger partial charge in [-0.25, -0.2) is 0 Å². The average Bonchev–Trinajstić information content (AvgIpc) is 2.52. The molecule has 1 aromatic heterocycles. The van der Waals surface area contributed by atoms with Crippen LogP contribution in [-0.4, -0.2) is 9.78 Å². The summed E-state index contributed by atoms with van der Waals surface area (Å²) in [7, 11) is 1.95. The van der Waals surface area contributed by atoms with Crippen LogP contribution in [0, 0.1) is 5.92 Å². The fourth-order valence-electron chi connectivity index (χ4n) is 1.62. The van der Waals surface area contributed by atoms with E-state index in [9.17, 15) is 0 Å². The third-order valence-corrected chi connectivity index (χ3v) is 2.32. The van der Waals surface area contributed by atoms with E-state index in [1.54, 1.807) is 0 Å². The molecular weight excluding hydrogens is 160 g/mol. The lowest BCUT2D eigenvalue weighted by Gasteiger charge is -2.11. The predicted octanol–water partition coefficient (Wildman–Crippen LogP) is 2.40. The molecule has 1 aliphatic carbocycles. The lowest BCUT2D eigenvalue weighted by Crippen LogP contribution is -1.98. The number of hydrogen-bond donors (Lipinski definition) is 0. The molecule has 0 bridgehead atoms. The van der Waals surface area contributed by atoms with Crippen LogP contribution < -0.4 is 0 Å². The van der Waals surface area contributed by atoms with E-state index in [2.05, 4.69) is 36.3 Å². The highest BCUT2D eigenvalue weighted by atomic mass is 15.2. The quantitative estimate of drug-likeness (QED) is 0.639. The summed E-state index contributed by atoms with van der Waals surface area (Å²) >= 11 is 0. The monoisotopic (exact) mass is 174 g/mol. The van der Waals surface area contributed by atoms with E-state index in [-0.39, 0.29) is 0 Å². The maximum absolute atomic E-state index is 4.38. The maximum atomic E-state index is 4.38. The van der Waals surface area contributed by atoms with E-state index in [0.717, 1.165) is 12.1 Å². The van der Waals surface area contributed by atoms with Crippen LogP contribution in [0.3, 0.4) is 0 Å². The van der Waals surface area contributed by atoms with Gasteiger partial charge in [0.2, 0.25) is 0 Å². The number of nitrogens with zero attached hydrogens (tertiary/aromatic N) is 2. The summed E-state index contributed by atoms with van der Waals surface area (Å²) in [6.07, 6.45) is 9.60. The van der Waals surface area contributed by atoms with Crippen molar-refractivity contribution in [3.63, 3.8) is 0 Å². The maximum Gasteiger partial charge on any atom is 0.0882 e. The van der Waals surface area contributed by atoms with Crippen molar-refractivity contribution in [2.45, 2.75) is 13.3 Å². The summed E-state index contributed by atoms with van der Waals surface area (Å²) in [5, 5.41) is 4.38. The summed E-state index contributed by atoms with van der Waals surface area (Å²) in [4.78, 5) is 0. The normalized spacial score (nSPS) is 21.7. The van der Waals surface area contributed by atoms with Crippen LogP contribution >= 0.6 is 0 Å². The third-order valence-electron chi connectivity index (χ3n) is 2.32. The van der Waals surface area contributed by atoms with Gasteiger partial charge in [0, 0.05) is 13.2 Å². The molecule has 1 aromatic rings. The van der Waals surface area contributed by atoms with Gasteiger partial charge < -0.3 is 0 Å². The molecule has 1 atom stereocenters. The number of aromatic nitrogens is 2. The first kappa shape index (κ1) is 8.30. The Morgan fingerprint density at radius 3 is 3.00 bits per heavy atom. The zero-order valence-electron chi connectivity index (χ0n) is 8.07. The second-order valence-electron chi connectivity index (χ2n) is 3.63. The van der Waals surface area contributed by atoms with E-state index >= 15 is 0 Å². The minimum Gasteiger partial charge on any atom is -0.275 e. The highest BCUT2D eigenvalue weighted by Crippen LogP contribution is 2.25. The summed E-state index contributed by atoms with van der Waals surface area (Å²) in [6.45, 7) is 2.23. The van der Waals surface area contributed by atoms with Gasteiger partial charge in [-0.3, -0.25) is 4.68 Å². The Morgan fingerprint density at radius 2 is 2.38 bits per heavy atom. The molecule has 1 unspecified atom stereocenters. The Kier molecular flexibility index (Phi) is 2.05. The molecule has 1 heterocycles. The Balaban J connectivity index is 2.27. The third kappa shape index (κ3) is 1.72. The minimum absolute atomic E-state index is 0.641. The minimum atomic E-state index is 0.641. The molecule has 2 rings (SSSR count). The molecule has 0 radical (unpaired) electrons. The molecule has 2 heteroatoms. The molecule has 0 N–H and O–H groups in total. The van der Waals surface area contributed by atoms with Crippen molar-refractivity contribution < 1.29 is 0 Å². The molecular formula is C11H14N2. The van der Waals surface area contributed by atoms with Crippen molar-refractivity contribution in [3.05, 3.63) is 36.2 Å². The first-order valence-corrected chi connectivity index (χ1v) is 4.63. The molecule has 1 aliphatic rings. The standard InChI is InChI=1S/C11H14N2/c1-9-4-3-5-10(8-9)11-6-7-13(2)12-11/h3-7,9H,8H2,1-2H3. The van der Waals surface area contributed by atoms with Crippen LogP contribution in [0.25, 0.3) is 5.57 Å².